The van der Waals surface area contributed by atoms with E-state index in [2.05, 4.69) is 5.32 Å². The Kier molecular flexibility index (Phi) is 2.79. The summed E-state index contributed by atoms with van der Waals surface area (Å²) in [5, 5.41) is 3.57. The molecular weight excluding hydrogens is 217 g/mol. The SMILES string of the molecule is COc1cc2c(cc1F)CCNC2C1CCC1. The molecule has 1 aliphatic heterocycles. The van der Waals surface area contributed by atoms with Crippen LogP contribution in [-0.2, 0) is 6.42 Å². The summed E-state index contributed by atoms with van der Waals surface area (Å²) in [5.74, 6) is 0.863. The van der Waals surface area contributed by atoms with E-state index in [0.717, 1.165) is 24.4 Å². The predicted molar refractivity (Wildman–Crippen MR) is 64.7 cm³/mol. The Hall–Kier alpha value is -1.09. The normalized spacial score (nSPS) is 24.0. The summed E-state index contributed by atoms with van der Waals surface area (Å²) in [5.41, 5.74) is 2.40. The Balaban J connectivity index is 1.99. The van der Waals surface area contributed by atoms with Crippen LogP contribution in [0.15, 0.2) is 12.1 Å². The topological polar surface area (TPSA) is 21.3 Å². The van der Waals surface area contributed by atoms with Crippen LogP contribution in [0.1, 0.15) is 36.4 Å². The van der Waals surface area contributed by atoms with Gasteiger partial charge < -0.3 is 10.1 Å². The van der Waals surface area contributed by atoms with Crippen molar-refractivity contribution in [3.8, 4) is 5.75 Å². The van der Waals surface area contributed by atoms with Gasteiger partial charge in [-0.2, -0.15) is 0 Å². The molecule has 0 radical (unpaired) electrons. The molecule has 0 aromatic heterocycles. The number of methoxy groups -OCH3 is 1. The van der Waals surface area contributed by atoms with Gasteiger partial charge in [0.05, 0.1) is 7.11 Å². The number of halogens is 1. The molecule has 1 aliphatic carbocycles. The van der Waals surface area contributed by atoms with Crippen molar-refractivity contribution in [2.24, 2.45) is 5.92 Å². The van der Waals surface area contributed by atoms with E-state index in [1.54, 1.807) is 6.07 Å². The third kappa shape index (κ3) is 1.82. The molecule has 0 amide bonds. The minimum absolute atomic E-state index is 0.236. The van der Waals surface area contributed by atoms with Crippen LogP contribution in [-0.4, -0.2) is 13.7 Å². The number of nitrogens with one attached hydrogen (secondary N) is 1. The van der Waals surface area contributed by atoms with Gasteiger partial charge in [0.15, 0.2) is 11.6 Å². The molecule has 1 atom stereocenters. The van der Waals surface area contributed by atoms with Crippen LogP contribution >= 0.6 is 0 Å². The Morgan fingerprint density at radius 1 is 1.35 bits per heavy atom. The van der Waals surface area contributed by atoms with E-state index in [4.69, 9.17) is 4.74 Å². The van der Waals surface area contributed by atoms with Crippen LogP contribution in [0.4, 0.5) is 4.39 Å². The number of rotatable bonds is 2. The predicted octanol–water partition coefficient (Wildman–Crippen LogP) is 2.82. The van der Waals surface area contributed by atoms with Gasteiger partial charge in [0.2, 0.25) is 0 Å². The molecule has 3 heteroatoms. The summed E-state index contributed by atoms with van der Waals surface area (Å²) >= 11 is 0. The zero-order valence-corrected chi connectivity index (χ0v) is 10.1. The van der Waals surface area contributed by atoms with E-state index in [-0.39, 0.29) is 5.82 Å². The van der Waals surface area contributed by atoms with Crippen LogP contribution in [0.5, 0.6) is 5.75 Å². The van der Waals surface area contributed by atoms with Crippen molar-refractivity contribution in [3.05, 3.63) is 29.1 Å². The van der Waals surface area contributed by atoms with Crippen LogP contribution in [0.3, 0.4) is 0 Å². The zero-order chi connectivity index (χ0) is 11.8. The molecule has 2 nitrogen and oxygen atoms in total. The molecule has 17 heavy (non-hydrogen) atoms. The maximum absolute atomic E-state index is 13.7. The van der Waals surface area contributed by atoms with Gasteiger partial charge in [-0.15, -0.1) is 0 Å². The molecule has 92 valence electrons. The van der Waals surface area contributed by atoms with Gasteiger partial charge in [0, 0.05) is 6.04 Å². The Labute approximate surface area is 101 Å². The summed E-state index contributed by atoms with van der Waals surface area (Å²) in [7, 11) is 1.53. The Bertz CT molecular complexity index is 428. The molecule has 1 fully saturated rings. The maximum Gasteiger partial charge on any atom is 0.165 e. The van der Waals surface area contributed by atoms with Gasteiger partial charge in [-0.3, -0.25) is 0 Å². The van der Waals surface area contributed by atoms with Crippen molar-refractivity contribution >= 4 is 0 Å². The van der Waals surface area contributed by atoms with E-state index >= 15 is 0 Å². The first kappa shape index (κ1) is 11.0. The summed E-state index contributed by atoms with van der Waals surface area (Å²) in [6, 6.07) is 3.95. The number of hydrogen-bond acceptors (Lipinski definition) is 2. The second kappa shape index (κ2) is 4.30. The summed E-state index contributed by atoms with van der Waals surface area (Å²) in [6.07, 6.45) is 4.82. The van der Waals surface area contributed by atoms with Gasteiger partial charge in [0.1, 0.15) is 0 Å². The van der Waals surface area contributed by atoms with E-state index < -0.39 is 0 Å². The molecule has 2 aliphatic rings. The molecule has 3 rings (SSSR count). The molecule has 0 saturated heterocycles. The van der Waals surface area contributed by atoms with E-state index in [9.17, 15) is 4.39 Å². The van der Waals surface area contributed by atoms with Crippen molar-refractivity contribution in [2.75, 3.05) is 13.7 Å². The lowest BCUT2D eigenvalue weighted by molar-refractivity contribution is 0.224. The van der Waals surface area contributed by atoms with Crippen molar-refractivity contribution in [3.63, 3.8) is 0 Å². The molecule has 0 bridgehead atoms. The summed E-state index contributed by atoms with van der Waals surface area (Å²) < 4.78 is 18.7. The van der Waals surface area contributed by atoms with Crippen molar-refractivity contribution in [1.29, 1.82) is 0 Å². The monoisotopic (exact) mass is 235 g/mol. The Morgan fingerprint density at radius 3 is 2.82 bits per heavy atom. The lowest BCUT2D eigenvalue weighted by Gasteiger charge is -2.38. The van der Waals surface area contributed by atoms with Gasteiger partial charge in [-0.05, 0) is 55.0 Å². The van der Waals surface area contributed by atoms with Gasteiger partial charge >= 0.3 is 0 Å². The maximum atomic E-state index is 13.7. The number of hydrogen-bond donors (Lipinski definition) is 1. The van der Waals surface area contributed by atoms with Gasteiger partial charge in [-0.1, -0.05) is 6.42 Å². The average Bonchev–Trinajstić information content (AvgIpc) is 2.26. The lowest BCUT2D eigenvalue weighted by atomic mass is 9.75. The van der Waals surface area contributed by atoms with E-state index in [1.165, 1.54) is 31.9 Å². The van der Waals surface area contributed by atoms with Crippen LogP contribution in [0.2, 0.25) is 0 Å². The minimum Gasteiger partial charge on any atom is -0.494 e. The molecule has 1 aromatic carbocycles. The van der Waals surface area contributed by atoms with Crippen LogP contribution < -0.4 is 10.1 Å². The van der Waals surface area contributed by atoms with Crippen LogP contribution in [0, 0.1) is 11.7 Å². The summed E-state index contributed by atoms with van der Waals surface area (Å²) in [6.45, 7) is 0.958. The highest BCUT2D eigenvalue weighted by molar-refractivity contribution is 5.41. The molecule has 1 N–H and O–H groups in total. The fraction of sp³-hybridized carbons (Fsp3) is 0.571. The van der Waals surface area contributed by atoms with E-state index in [0.29, 0.717) is 11.8 Å². The quantitative estimate of drug-likeness (QED) is 0.851. The highest BCUT2D eigenvalue weighted by atomic mass is 19.1. The van der Waals surface area contributed by atoms with Gasteiger partial charge in [-0.25, -0.2) is 4.39 Å². The molecular formula is C14H18FNO. The first-order valence-electron chi connectivity index (χ1n) is 6.39. The highest BCUT2D eigenvalue weighted by Crippen LogP contribution is 2.41. The fourth-order valence-electron chi connectivity index (χ4n) is 2.94. The molecule has 1 heterocycles. The van der Waals surface area contributed by atoms with Crippen molar-refractivity contribution in [2.45, 2.75) is 31.7 Å². The zero-order valence-electron chi connectivity index (χ0n) is 10.1. The number of ether oxygens (including phenoxy) is 1. The molecule has 1 saturated carbocycles. The standard InChI is InChI=1S/C14H18FNO/c1-17-13-8-11-10(7-12(13)15)5-6-16-14(11)9-3-2-4-9/h7-9,14,16H,2-6H2,1H3. The second-order valence-electron chi connectivity index (χ2n) is 5.06. The smallest absolute Gasteiger partial charge is 0.165 e. The average molecular weight is 235 g/mol. The molecule has 0 spiro atoms. The highest BCUT2D eigenvalue weighted by Gasteiger charge is 2.32. The third-order valence-electron chi connectivity index (χ3n) is 4.13. The second-order valence-corrected chi connectivity index (χ2v) is 5.06. The first-order chi connectivity index (χ1) is 8.29. The number of benzene rings is 1. The lowest BCUT2D eigenvalue weighted by Crippen LogP contribution is -2.37. The van der Waals surface area contributed by atoms with Crippen molar-refractivity contribution < 1.29 is 9.13 Å². The van der Waals surface area contributed by atoms with Gasteiger partial charge in [0.25, 0.3) is 0 Å². The van der Waals surface area contributed by atoms with E-state index in [1.807, 2.05) is 6.07 Å². The first-order valence-corrected chi connectivity index (χ1v) is 6.39. The number of fused-ring (bicyclic) bond motifs is 1. The fourth-order valence-corrected chi connectivity index (χ4v) is 2.94. The molecule has 1 aromatic rings. The Morgan fingerprint density at radius 2 is 2.18 bits per heavy atom. The third-order valence-corrected chi connectivity index (χ3v) is 4.13. The van der Waals surface area contributed by atoms with Crippen molar-refractivity contribution in [1.82, 2.24) is 5.32 Å². The summed E-state index contributed by atoms with van der Waals surface area (Å²) in [4.78, 5) is 0. The minimum atomic E-state index is -0.236. The van der Waals surface area contributed by atoms with Crippen LogP contribution in [0.25, 0.3) is 0 Å². The molecule has 1 unspecified atom stereocenters. The largest absolute Gasteiger partial charge is 0.494 e.